The number of nitrogens with zero attached hydrogens (tertiary/aromatic N) is 1. The molecule has 0 saturated heterocycles. The van der Waals surface area contributed by atoms with Gasteiger partial charge in [0.05, 0.1) is 0 Å². The Morgan fingerprint density at radius 2 is 2.00 bits per heavy atom. The van der Waals surface area contributed by atoms with Crippen molar-refractivity contribution in [2.75, 3.05) is 5.32 Å². The van der Waals surface area contributed by atoms with E-state index in [1.54, 1.807) is 6.92 Å². The molecule has 0 aliphatic heterocycles. The van der Waals surface area contributed by atoms with Crippen LogP contribution in [0.1, 0.15) is 35.8 Å². The summed E-state index contributed by atoms with van der Waals surface area (Å²) in [5.41, 5.74) is 4.31. The van der Waals surface area contributed by atoms with E-state index in [1.807, 2.05) is 42.5 Å². The first-order valence-electron chi connectivity index (χ1n) is 8.89. The lowest BCUT2D eigenvalue weighted by Gasteiger charge is -2.25. The third-order valence-corrected chi connectivity index (χ3v) is 5.29. The Hall–Kier alpha value is -2.60. The summed E-state index contributed by atoms with van der Waals surface area (Å²) in [5.74, 6) is 0.515. The van der Waals surface area contributed by atoms with Crippen LogP contribution < -0.4 is 5.32 Å². The molecule has 0 bridgehead atoms. The van der Waals surface area contributed by atoms with Crippen molar-refractivity contribution in [3.63, 3.8) is 0 Å². The van der Waals surface area contributed by atoms with Crippen LogP contribution in [0.2, 0.25) is 0 Å². The summed E-state index contributed by atoms with van der Waals surface area (Å²) in [6.07, 6.45) is 2.13. The van der Waals surface area contributed by atoms with E-state index in [0.717, 1.165) is 34.9 Å². The van der Waals surface area contributed by atoms with E-state index >= 15 is 0 Å². The van der Waals surface area contributed by atoms with Crippen LogP contribution in [0.25, 0.3) is 11.3 Å². The number of carbonyl (C=O) groups is 1. The zero-order chi connectivity index (χ0) is 18.8. The topological polar surface area (TPSA) is 64.4 Å². The van der Waals surface area contributed by atoms with E-state index in [0.29, 0.717) is 17.1 Å². The van der Waals surface area contributed by atoms with Crippen LogP contribution in [-0.4, -0.2) is 11.2 Å². The molecule has 0 saturated carbocycles. The van der Waals surface area contributed by atoms with Crippen LogP contribution in [0.4, 0.5) is 10.5 Å². The largest absolute Gasteiger partial charge is 0.441 e. The molecule has 6 heteroatoms. The van der Waals surface area contributed by atoms with E-state index in [-0.39, 0.29) is 6.10 Å². The molecular weight excluding hydrogens is 408 g/mol. The predicted molar refractivity (Wildman–Crippen MR) is 107 cm³/mol. The van der Waals surface area contributed by atoms with Crippen molar-refractivity contribution in [2.45, 2.75) is 32.3 Å². The number of aryl methyl sites for hydroxylation is 2. The number of fused-ring (bicyclic) bond motifs is 1. The van der Waals surface area contributed by atoms with Gasteiger partial charge in [-0.15, -0.1) is 0 Å². The number of halogens is 1. The van der Waals surface area contributed by atoms with Gasteiger partial charge < -0.3 is 9.26 Å². The van der Waals surface area contributed by atoms with Crippen molar-refractivity contribution in [3.8, 4) is 11.3 Å². The molecule has 0 fully saturated rings. The number of nitrogens with one attached hydrogen (secondary N) is 1. The summed E-state index contributed by atoms with van der Waals surface area (Å²) in [6, 6.07) is 15.8. The molecule has 5 nitrogen and oxygen atoms in total. The van der Waals surface area contributed by atoms with Gasteiger partial charge in [0.15, 0.2) is 5.76 Å². The Balaban J connectivity index is 1.53. The smallest absolute Gasteiger partial charge is 0.412 e. The van der Waals surface area contributed by atoms with E-state index in [1.165, 1.54) is 5.56 Å². The average molecular weight is 427 g/mol. The summed E-state index contributed by atoms with van der Waals surface area (Å²) in [4.78, 5) is 12.6. The van der Waals surface area contributed by atoms with Crippen LogP contribution in [0, 0.1) is 6.92 Å². The van der Waals surface area contributed by atoms with Crippen molar-refractivity contribution in [2.24, 2.45) is 0 Å². The van der Waals surface area contributed by atoms with Gasteiger partial charge >= 0.3 is 6.09 Å². The highest BCUT2D eigenvalue weighted by Crippen LogP contribution is 2.34. The van der Waals surface area contributed by atoms with E-state index < -0.39 is 6.09 Å². The maximum atomic E-state index is 12.6. The van der Waals surface area contributed by atoms with Gasteiger partial charge in [0, 0.05) is 10.0 Å². The first-order valence-corrected chi connectivity index (χ1v) is 9.69. The molecule has 3 aromatic rings. The molecule has 27 heavy (non-hydrogen) atoms. The van der Waals surface area contributed by atoms with Gasteiger partial charge in [-0.05, 0) is 61.6 Å². The van der Waals surface area contributed by atoms with Crippen LogP contribution in [0.5, 0.6) is 0 Å². The molecule has 4 rings (SSSR count). The third kappa shape index (κ3) is 3.76. The number of anilines is 1. The molecule has 1 amide bonds. The number of aromatic nitrogens is 1. The van der Waals surface area contributed by atoms with E-state index in [2.05, 4.69) is 32.5 Å². The summed E-state index contributed by atoms with van der Waals surface area (Å²) in [7, 11) is 0. The lowest BCUT2D eigenvalue weighted by molar-refractivity contribution is 0.0999. The number of hydrogen-bond donors (Lipinski definition) is 1. The highest BCUT2D eigenvalue weighted by Gasteiger charge is 2.25. The lowest BCUT2D eigenvalue weighted by Crippen LogP contribution is -2.21. The highest BCUT2D eigenvalue weighted by atomic mass is 79.9. The molecule has 1 heterocycles. The molecule has 138 valence electrons. The first kappa shape index (κ1) is 17.8. The minimum absolute atomic E-state index is 0.230. The minimum Gasteiger partial charge on any atom is -0.441 e. The summed E-state index contributed by atoms with van der Waals surface area (Å²) in [5, 5.41) is 6.82. The second-order valence-corrected chi connectivity index (χ2v) is 7.50. The molecule has 0 unspecified atom stereocenters. The normalized spacial score (nSPS) is 15.9. The number of benzene rings is 2. The van der Waals surface area contributed by atoms with E-state index in [9.17, 15) is 4.79 Å². The van der Waals surface area contributed by atoms with Crippen LogP contribution in [-0.2, 0) is 11.2 Å². The maximum absolute atomic E-state index is 12.6. The van der Waals surface area contributed by atoms with Crippen molar-refractivity contribution in [3.05, 3.63) is 69.8 Å². The second kappa shape index (κ2) is 7.56. The molecule has 2 aromatic carbocycles. The Bertz CT molecular complexity index is 966. The molecule has 1 aliphatic carbocycles. The van der Waals surface area contributed by atoms with Crippen molar-refractivity contribution < 1.29 is 14.1 Å². The standard InChI is InChI=1S/C21H19BrN2O3/c1-13-19(20(27-24-13)15-9-11-16(22)12-10-15)23-21(25)26-18-8-4-6-14-5-2-3-7-17(14)18/h2-3,5,7,9-12,18H,4,6,8H2,1H3,(H,23,25)/t18-/m0/s1. The maximum Gasteiger partial charge on any atom is 0.412 e. The van der Waals surface area contributed by atoms with Crippen molar-refractivity contribution >= 4 is 27.7 Å². The third-order valence-electron chi connectivity index (χ3n) is 4.76. The fraction of sp³-hybridized carbons (Fsp3) is 0.238. The quantitative estimate of drug-likeness (QED) is 0.554. The molecule has 1 aromatic heterocycles. The number of ether oxygens (including phenoxy) is 1. The monoisotopic (exact) mass is 426 g/mol. The Morgan fingerprint density at radius 1 is 1.22 bits per heavy atom. The van der Waals surface area contributed by atoms with Gasteiger partial charge in [0.1, 0.15) is 17.5 Å². The Labute approximate surface area is 165 Å². The molecule has 0 spiro atoms. The molecule has 1 N–H and O–H groups in total. The fourth-order valence-electron chi connectivity index (χ4n) is 3.41. The van der Waals surface area contributed by atoms with E-state index in [4.69, 9.17) is 9.26 Å². The Morgan fingerprint density at radius 3 is 2.81 bits per heavy atom. The zero-order valence-corrected chi connectivity index (χ0v) is 16.5. The lowest BCUT2D eigenvalue weighted by atomic mass is 9.89. The number of hydrogen-bond acceptors (Lipinski definition) is 4. The fourth-order valence-corrected chi connectivity index (χ4v) is 3.67. The second-order valence-electron chi connectivity index (χ2n) is 6.59. The van der Waals surface area contributed by atoms with Gasteiger partial charge in [-0.25, -0.2) is 4.79 Å². The van der Waals surface area contributed by atoms with Gasteiger partial charge in [-0.3, -0.25) is 5.32 Å². The average Bonchev–Trinajstić information content (AvgIpc) is 3.03. The number of amides is 1. The SMILES string of the molecule is Cc1noc(-c2ccc(Br)cc2)c1NC(=O)O[C@H]1CCCc2ccccc21. The van der Waals surface area contributed by atoms with Gasteiger partial charge in [-0.2, -0.15) is 0 Å². The van der Waals surface area contributed by atoms with Crippen LogP contribution >= 0.6 is 15.9 Å². The molecule has 0 radical (unpaired) electrons. The first-order chi connectivity index (χ1) is 13.1. The zero-order valence-electron chi connectivity index (χ0n) is 14.9. The van der Waals surface area contributed by atoms with Crippen molar-refractivity contribution in [1.29, 1.82) is 0 Å². The summed E-state index contributed by atoms with van der Waals surface area (Å²) < 4.78 is 12.1. The summed E-state index contributed by atoms with van der Waals surface area (Å²) >= 11 is 3.41. The minimum atomic E-state index is -0.499. The molecular formula is C21H19BrN2O3. The van der Waals surface area contributed by atoms with Crippen molar-refractivity contribution in [1.82, 2.24) is 5.16 Å². The highest BCUT2D eigenvalue weighted by molar-refractivity contribution is 9.10. The van der Waals surface area contributed by atoms with Gasteiger partial charge in [0.25, 0.3) is 0 Å². The molecule has 1 atom stereocenters. The predicted octanol–water partition coefficient (Wildman–Crippen LogP) is 6.04. The van der Waals surface area contributed by atoms with Crippen LogP contribution in [0.15, 0.2) is 57.5 Å². The van der Waals surface area contributed by atoms with Gasteiger partial charge in [-0.1, -0.05) is 45.4 Å². The number of rotatable bonds is 3. The Kier molecular flexibility index (Phi) is 4.99. The summed E-state index contributed by atoms with van der Waals surface area (Å²) in [6.45, 7) is 1.79. The molecule has 1 aliphatic rings. The van der Waals surface area contributed by atoms with Crippen LogP contribution in [0.3, 0.4) is 0 Å². The van der Waals surface area contributed by atoms with Gasteiger partial charge in [0.2, 0.25) is 0 Å². The number of carbonyl (C=O) groups excluding carboxylic acids is 1.